The molecule has 0 aliphatic carbocycles. The maximum atomic E-state index is 13.0. The van der Waals surface area contributed by atoms with E-state index in [0.717, 1.165) is 24.0 Å². The number of piperazine rings is 1. The van der Waals surface area contributed by atoms with Gasteiger partial charge in [-0.1, -0.05) is 61.2 Å². The first-order valence-electron chi connectivity index (χ1n) is 11.0. The molecule has 2 fully saturated rings. The summed E-state index contributed by atoms with van der Waals surface area (Å²) in [4.78, 5) is 14.5. The first kappa shape index (κ1) is 22.5. The second kappa shape index (κ2) is 9.45. The van der Waals surface area contributed by atoms with Crippen LogP contribution in [0.15, 0.2) is 54.6 Å². The Hall–Kier alpha value is -2.66. The second-order valence-electron chi connectivity index (χ2n) is 8.35. The van der Waals surface area contributed by atoms with Gasteiger partial charge in [0.05, 0.1) is 31.0 Å². The van der Waals surface area contributed by atoms with Crippen LogP contribution in [0.5, 0.6) is 0 Å². The summed E-state index contributed by atoms with van der Waals surface area (Å²) in [6.07, 6.45) is 1.87. The molecule has 1 amide bonds. The van der Waals surface area contributed by atoms with E-state index in [4.69, 9.17) is 0 Å². The van der Waals surface area contributed by atoms with Crippen LogP contribution in [0.1, 0.15) is 42.4 Å². The number of hydrogen-bond acceptors (Lipinski definition) is 4. The predicted molar refractivity (Wildman–Crippen MR) is 123 cm³/mol. The molecule has 2 aliphatic rings. The third-order valence-corrected chi connectivity index (χ3v) is 7.97. The van der Waals surface area contributed by atoms with Gasteiger partial charge in [-0.2, -0.15) is 4.31 Å². The van der Waals surface area contributed by atoms with E-state index in [2.05, 4.69) is 18.8 Å². The van der Waals surface area contributed by atoms with Crippen LogP contribution in [0.25, 0.3) is 0 Å². The minimum atomic E-state index is -3.64. The highest BCUT2D eigenvalue weighted by molar-refractivity contribution is 7.88. The van der Waals surface area contributed by atoms with Crippen molar-refractivity contribution in [1.82, 2.24) is 9.21 Å². The molecule has 4 rings (SSSR count). The predicted octanol–water partition coefficient (Wildman–Crippen LogP) is 2.34. The van der Waals surface area contributed by atoms with E-state index in [1.807, 2.05) is 30.3 Å². The summed E-state index contributed by atoms with van der Waals surface area (Å²) in [6, 6.07) is 16.2. The highest BCUT2D eigenvalue weighted by Gasteiger charge is 2.55. The summed E-state index contributed by atoms with van der Waals surface area (Å²) >= 11 is 0. The van der Waals surface area contributed by atoms with Gasteiger partial charge in [0.25, 0.3) is 0 Å². The number of hydrogen-bond donors (Lipinski definition) is 1. The Bertz CT molecular complexity index is 1120. The second-order valence-corrected chi connectivity index (χ2v) is 10.3. The first-order chi connectivity index (χ1) is 15.4. The van der Waals surface area contributed by atoms with Crippen molar-refractivity contribution in [3.63, 3.8) is 0 Å². The molecule has 3 atom stereocenters. The number of aliphatic hydroxyl groups is 1. The molecule has 6 nitrogen and oxygen atoms in total. The van der Waals surface area contributed by atoms with Gasteiger partial charge in [0.1, 0.15) is 0 Å². The van der Waals surface area contributed by atoms with Gasteiger partial charge in [-0.05, 0) is 29.7 Å². The van der Waals surface area contributed by atoms with Crippen LogP contribution in [0.4, 0.5) is 0 Å². The zero-order valence-electron chi connectivity index (χ0n) is 18.1. The lowest BCUT2D eigenvalue weighted by atomic mass is 9.74. The van der Waals surface area contributed by atoms with Gasteiger partial charge in [0, 0.05) is 24.4 Å². The van der Waals surface area contributed by atoms with Crippen LogP contribution < -0.4 is 0 Å². The number of rotatable bonds is 6. The third kappa shape index (κ3) is 4.44. The monoisotopic (exact) mass is 452 g/mol. The molecule has 2 aromatic rings. The number of unbranched alkanes of at least 4 members (excludes halogenated alkanes) is 1. The summed E-state index contributed by atoms with van der Waals surface area (Å²) < 4.78 is 27.4. The molecule has 0 spiro atoms. The summed E-state index contributed by atoms with van der Waals surface area (Å²) in [6.45, 7) is 1.99. The zero-order valence-corrected chi connectivity index (χ0v) is 19.0. The van der Waals surface area contributed by atoms with Crippen molar-refractivity contribution in [3.05, 3.63) is 71.3 Å². The smallest absolute Gasteiger partial charge is 0.238 e. The first-order valence-corrected chi connectivity index (χ1v) is 12.6. The van der Waals surface area contributed by atoms with Gasteiger partial charge < -0.3 is 10.0 Å². The van der Waals surface area contributed by atoms with Crippen LogP contribution in [0, 0.1) is 11.8 Å². The van der Waals surface area contributed by atoms with Crippen molar-refractivity contribution in [2.45, 2.75) is 43.5 Å². The van der Waals surface area contributed by atoms with Gasteiger partial charge in [0.2, 0.25) is 15.9 Å². The van der Waals surface area contributed by atoms with Gasteiger partial charge >= 0.3 is 0 Å². The molecule has 168 valence electrons. The van der Waals surface area contributed by atoms with E-state index >= 15 is 0 Å². The maximum absolute atomic E-state index is 13.0. The standard InChI is InChI=1S/C25H28N2O4S/c1-2-3-5-8-19-11-13-21(14-12-19)25-22-15-26(16-24(29)27(22)23(25)17-28)32(30,31)18-20-9-6-4-7-10-20/h4,6-7,9-14,22-23,25,28H,2-3,15-18H2,1H3/t22-,23+,25-/m1/s1. The van der Waals surface area contributed by atoms with E-state index in [-0.39, 0.29) is 49.4 Å². The third-order valence-electron chi connectivity index (χ3n) is 6.21. The Morgan fingerprint density at radius 1 is 1.09 bits per heavy atom. The summed E-state index contributed by atoms with van der Waals surface area (Å²) in [5, 5.41) is 9.94. The molecule has 2 aliphatic heterocycles. The molecular weight excluding hydrogens is 424 g/mol. The van der Waals surface area contributed by atoms with Crippen molar-refractivity contribution in [1.29, 1.82) is 0 Å². The number of benzene rings is 2. The number of amides is 1. The van der Waals surface area contributed by atoms with Gasteiger partial charge in [-0.25, -0.2) is 8.42 Å². The number of carbonyl (C=O) groups excluding carboxylic acids is 1. The quantitative estimate of drug-likeness (QED) is 0.683. The normalized spacial score (nSPS) is 23.1. The van der Waals surface area contributed by atoms with Crippen LogP contribution >= 0.6 is 0 Å². The Balaban J connectivity index is 1.53. The number of fused-ring (bicyclic) bond motifs is 1. The fourth-order valence-electron chi connectivity index (χ4n) is 4.64. The lowest BCUT2D eigenvalue weighted by Gasteiger charge is -2.58. The highest BCUT2D eigenvalue weighted by atomic mass is 32.2. The highest BCUT2D eigenvalue weighted by Crippen LogP contribution is 2.43. The van der Waals surface area contributed by atoms with E-state index in [9.17, 15) is 18.3 Å². The summed E-state index contributed by atoms with van der Waals surface area (Å²) in [5.41, 5.74) is 2.60. The molecule has 0 radical (unpaired) electrons. The van der Waals surface area contributed by atoms with Crippen molar-refractivity contribution in [2.24, 2.45) is 0 Å². The minimum Gasteiger partial charge on any atom is -0.394 e. The van der Waals surface area contributed by atoms with E-state index in [0.29, 0.717) is 5.56 Å². The Morgan fingerprint density at radius 2 is 1.81 bits per heavy atom. The molecule has 32 heavy (non-hydrogen) atoms. The Morgan fingerprint density at radius 3 is 2.47 bits per heavy atom. The summed E-state index contributed by atoms with van der Waals surface area (Å²) in [7, 11) is -3.64. The molecule has 1 N–H and O–H groups in total. The van der Waals surface area contributed by atoms with Crippen molar-refractivity contribution < 1.29 is 18.3 Å². The van der Waals surface area contributed by atoms with Gasteiger partial charge in [-0.15, -0.1) is 0 Å². The van der Waals surface area contributed by atoms with Crippen LogP contribution in [-0.2, 0) is 20.6 Å². The Labute approximate surface area is 189 Å². The van der Waals surface area contributed by atoms with Crippen molar-refractivity contribution in [2.75, 3.05) is 19.7 Å². The van der Waals surface area contributed by atoms with Gasteiger partial charge in [0.15, 0.2) is 0 Å². The van der Waals surface area contributed by atoms with Crippen LogP contribution in [0.3, 0.4) is 0 Å². The zero-order chi connectivity index (χ0) is 22.7. The van der Waals surface area contributed by atoms with E-state index in [1.165, 1.54) is 4.31 Å². The fraction of sp³-hybridized carbons (Fsp3) is 0.400. The molecule has 0 unspecified atom stereocenters. The lowest BCUT2D eigenvalue weighted by molar-refractivity contribution is -0.158. The SMILES string of the molecule is CCCC#Cc1ccc([C@@H]2[C@H]3CN(S(=O)(=O)Cc4ccccc4)CC(=O)N3[C@H]2CO)cc1. The molecule has 2 saturated heterocycles. The maximum Gasteiger partial charge on any atom is 0.238 e. The van der Waals surface area contributed by atoms with Crippen molar-refractivity contribution >= 4 is 15.9 Å². The van der Waals surface area contributed by atoms with Gasteiger partial charge in [-0.3, -0.25) is 4.79 Å². The Kier molecular flexibility index (Phi) is 6.66. The molecule has 0 bridgehead atoms. The molecule has 0 aromatic heterocycles. The molecule has 2 aromatic carbocycles. The number of aliphatic hydroxyl groups excluding tert-OH is 1. The fourth-order valence-corrected chi connectivity index (χ4v) is 6.12. The van der Waals surface area contributed by atoms with E-state index in [1.54, 1.807) is 29.2 Å². The number of carbonyl (C=O) groups is 1. The molecule has 0 saturated carbocycles. The minimum absolute atomic E-state index is 0.115. The van der Waals surface area contributed by atoms with Crippen molar-refractivity contribution in [3.8, 4) is 11.8 Å². The largest absolute Gasteiger partial charge is 0.394 e. The van der Waals surface area contributed by atoms with E-state index < -0.39 is 10.0 Å². The average Bonchev–Trinajstić information content (AvgIpc) is 2.76. The number of nitrogens with zero attached hydrogens (tertiary/aromatic N) is 2. The lowest BCUT2D eigenvalue weighted by Crippen LogP contribution is -2.73. The average molecular weight is 453 g/mol. The van der Waals surface area contributed by atoms with Crippen LogP contribution in [0.2, 0.25) is 0 Å². The van der Waals surface area contributed by atoms with Crippen LogP contribution in [-0.4, -0.2) is 60.4 Å². The molecular formula is C25H28N2O4S. The topological polar surface area (TPSA) is 77.9 Å². The summed E-state index contributed by atoms with van der Waals surface area (Å²) in [5.74, 6) is 5.76. The molecule has 7 heteroatoms. The number of sulfonamides is 1. The molecule has 2 heterocycles.